The number of Topliss-reactive ketones (excluding diaryl/α,β-unsaturated/α-hetero) is 1. The zero-order valence-corrected chi connectivity index (χ0v) is 11.7. The standard InChI is InChI=1S/C16H21NO2/c1-11-3-5-15(19-11)10-17-8-7-14-9-13(12(2)18)4-6-16(14)17/h4,6,9,11,15H,3,5,7-8,10H2,1-2H3. The summed E-state index contributed by atoms with van der Waals surface area (Å²) in [5.41, 5.74) is 3.42. The van der Waals surface area contributed by atoms with Gasteiger partial charge in [-0.15, -0.1) is 0 Å². The second-order valence-electron chi connectivity index (χ2n) is 5.74. The predicted octanol–water partition coefficient (Wildman–Crippen LogP) is 2.82. The van der Waals surface area contributed by atoms with Gasteiger partial charge in [-0.2, -0.15) is 0 Å². The van der Waals surface area contributed by atoms with Gasteiger partial charge >= 0.3 is 0 Å². The van der Waals surface area contributed by atoms with Crippen molar-refractivity contribution >= 4 is 11.5 Å². The third kappa shape index (κ3) is 2.52. The van der Waals surface area contributed by atoms with E-state index in [1.54, 1.807) is 6.92 Å². The number of carbonyl (C=O) groups is 1. The number of hydrogen-bond acceptors (Lipinski definition) is 3. The van der Waals surface area contributed by atoms with Crippen molar-refractivity contribution in [3.63, 3.8) is 0 Å². The minimum Gasteiger partial charge on any atom is -0.373 e. The third-order valence-corrected chi connectivity index (χ3v) is 4.22. The van der Waals surface area contributed by atoms with E-state index in [-0.39, 0.29) is 5.78 Å². The molecule has 0 saturated carbocycles. The first-order valence-electron chi connectivity index (χ1n) is 7.18. The molecule has 0 aliphatic carbocycles. The maximum absolute atomic E-state index is 11.4. The molecule has 0 amide bonds. The molecule has 19 heavy (non-hydrogen) atoms. The van der Waals surface area contributed by atoms with E-state index in [2.05, 4.69) is 24.0 Å². The maximum Gasteiger partial charge on any atom is 0.159 e. The van der Waals surface area contributed by atoms with Crippen LogP contribution in [0.25, 0.3) is 0 Å². The second-order valence-corrected chi connectivity index (χ2v) is 5.74. The van der Waals surface area contributed by atoms with Gasteiger partial charge in [0.05, 0.1) is 12.2 Å². The number of ether oxygens (including phenoxy) is 1. The Balaban J connectivity index is 1.73. The molecule has 1 saturated heterocycles. The topological polar surface area (TPSA) is 29.5 Å². The Hall–Kier alpha value is -1.35. The quantitative estimate of drug-likeness (QED) is 0.782. The molecule has 3 rings (SSSR count). The first-order chi connectivity index (χ1) is 9.13. The number of fused-ring (bicyclic) bond motifs is 1. The smallest absolute Gasteiger partial charge is 0.159 e. The van der Waals surface area contributed by atoms with Crippen LogP contribution in [0.4, 0.5) is 5.69 Å². The number of rotatable bonds is 3. The van der Waals surface area contributed by atoms with Gasteiger partial charge in [0.15, 0.2) is 5.78 Å². The van der Waals surface area contributed by atoms with Crippen molar-refractivity contribution in [2.45, 2.75) is 45.3 Å². The molecule has 2 atom stereocenters. The Morgan fingerprint density at radius 1 is 1.42 bits per heavy atom. The molecule has 3 nitrogen and oxygen atoms in total. The van der Waals surface area contributed by atoms with Crippen molar-refractivity contribution in [1.29, 1.82) is 0 Å². The van der Waals surface area contributed by atoms with Crippen LogP contribution >= 0.6 is 0 Å². The van der Waals surface area contributed by atoms with Gasteiger partial charge in [0.25, 0.3) is 0 Å². The lowest BCUT2D eigenvalue weighted by Crippen LogP contribution is -2.31. The Kier molecular flexibility index (Phi) is 3.31. The van der Waals surface area contributed by atoms with Crippen LogP contribution in [0.15, 0.2) is 18.2 Å². The molecule has 2 aliphatic heterocycles. The number of ketones is 1. The Morgan fingerprint density at radius 3 is 2.95 bits per heavy atom. The lowest BCUT2D eigenvalue weighted by atomic mass is 10.1. The fraction of sp³-hybridized carbons (Fsp3) is 0.562. The fourth-order valence-corrected chi connectivity index (χ4v) is 3.14. The van der Waals surface area contributed by atoms with Gasteiger partial charge in [-0.05, 0) is 56.9 Å². The molecule has 1 aromatic rings. The number of anilines is 1. The summed E-state index contributed by atoms with van der Waals surface area (Å²) < 4.78 is 5.90. The van der Waals surface area contributed by atoms with Gasteiger partial charge in [-0.3, -0.25) is 4.79 Å². The lowest BCUT2D eigenvalue weighted by Gasteiger charge is -2.23. The molecule has 3 heteroatoms. The average molecular weight is 259 g/mol. The number of carbonyl (C=O) groups excluding carboxylic acids is 1. The second kappa shape index (κ2) is 4.97. The first kappa shape index (κ1) is 12.7. The number of nitrogens with zero attached hydrogens (tertiary/aromatic N) is 1. The minimum absolute atomic E-state index is 0.147. The Bertz CT molecular complexity index is 498. The molecular weight excluding hydrogens is 238 g/mol. The Morgan fingerprint density at radius 2 is 2.26 bits per heavy atom. The van der Waals surface area contributed by atoms with Crippen LogP contribution in [-0.4, -0.2) is 31.1 Å². The molecule has 0 N–H and O–H groups in total. The molecular formula is C16H21NO2. The van der Waals surface area contributed by atoms with Crippen LogP contribution in [0.1, 0.15) is 42.6 Å². The normalized spacial score (nSPS) is 25.7. The van der Waals surface area contributed by atoms with Crippen LogP contribution in [0.3, 0.4) is 0 Å². The van der Waals surface area contributed by atoms with Gasteiger partial charge in [0.2, 0.25) is 0 Å². The van der Waals surface area contributed by atoms with Gasteiger partial charge in [0.1, 0.15) is 0 Å². The first-order valence-corrected chi connectivity index (χ1v) is 7.18. The average Bonchev–Trinajstić information content (AvgIpc) is 2.96. The van der Waals surface area contributed by atoms with Gasteiger partial charge in [-0.1, -0.05) is 0 Å². The number of hydrogen-bond donors (Lipinski definition) is 0. The highest BCUT2D eigenvalue weighted by molar-refractivity contribution is 5.94. The third-order valence-electron chi connectivity index (χ3n) is 4.22. The van der Waals surface area contributed by atoms with E-state index < -0.39 is 0 Å². The van der Waals surface area contributed by atoms with E-state index in [9.17, 15) is 4.79 Å². The van der Waals surface area contributed by atoms with Crippen molar-refractivity contribution in [1.82, 2.24) is 0 Å². The van der Waals surface area contributed by atoms with Crippen LogP contribution < -0.4 is 4.90 Å². The summed E-state index contributed by atoms with van der Waals surface area (Å²) in [7, 11) is 0. The van der Waals surface area contributed by atoms with E-state index in [0.717, 1.165) is 25.1 Å². The largest absolute Gasteiger partial charge is 0.373 e. The van der Waals surface area contributed by atoms with Gasteiger partial charge in [0, 0.05) is 24.3 Å². The van der Waals surface area contributed by atoms with E-state index in [1.807, 2.05) is 6.07 Å². The number of benzene rings is 1. The van der Waals surface area contributed by atoms with E-state index in [0.29, 0.717) is 12.2 Å². The fourth-order valence-electron chi connectivity index (χ4n) is 3.14. The maximum atomic E-state index is 11.4. The highest BCUT2D eigenvalue weighted by Crippen LogP contribution is 2.31. The summed E-state index contributed by atoms with van der Waals surface area (Å²) in [4.78, 5) is 13.8. The van der Waals surface area contributed by atoms with Crippen molar-refractivity contribution < 1.29 is 9.53 Å². The monoisotopic (exact) mass is 259 g/mol. The summed E-state index contributed by atoms with van der Waals surface area (Å²) in [5, 5.41) is 0. The van der Waals surface area contributed by atoms with Crippen LogP contribution in [0.5, 0.6) is 0 Å². The van der Waals surface area contributed by atoms with Crippen molar-refractivity contribution in [2.24, 2.45) is 0 Å². The summed E-state index contributed by atoms with van der Waals surface area (Å²) in [5.74, 6) is 0.147. The summed E-state index contributed by atoms with van der Waals surface area (Å²) in [6.07, 6.45) is 4.16. The molecule has 2 unspecified atom stereocenters. The van der Waals surface area contributed by atoms with Gasteiger partial charge in [-0.25, -0.2) is 0 Å². The molecule has 2 aliphatic rings. The van der Waals surface area contributed by atoms with Crippen molar-refractivity contribution in [3.8, 4) is 0 Å². The summed E-state index contributed by atoms with van der Waals surface area (Å²) >= 11 is 0. The van der Waals surface area contributed by atoms with Crippen LogP contribution in [0.2, 0.25) is 0 Å². The molecule has 0 spiro atoms. The van der Waals surface area contributed by atoms with Crippen LogP contribution in [0, 0.1) is 0 Å². The predicted molar refractivity (Wildman–Crippen MR) is 75.9 cm³/mol. The molecule has 0 aromatic heterocycles. The highest BCUT2D eigenvalue weighted by Gasteiger charge is 2.27. The highest BCUT2D eigenvalue weighted by atomic mass is 16.5. The molecule has 0 bridgehead atoms. The zero-order chi connectivity index (χ0) is 13.4. The summed E-state index contributed by atoms with van der Waals surface area (Å²) in [6.45, 7) is 5.81. The molecule has 1 fully saturated rings. The van der Waals surface area contributed by atoms with Crippen molar-refractivity contribution in [2.75, 3.05) is 18.0 Å². The minimum atomic E-state index is 0.147. The summed E-state index contributed by atoms with van der Waals surface area (Å²) in [6, 6.07) is 6.09. The SMILES string of the molecule is CC(=O)c1ccc2c(c1)CCN2CC1CCC(C)O1. The zero-order valence-electron chi connectivity index (χ0n) is 11.7. The van der Waals surface area contributed by atoms with Gasteiger partial charge < -0.3 is 9.64 Å². The van der Waals surface area contributed by atoms with E-state index in [1.165, 1.54) is 24.1 Å². The Labute approximate surface area is 114 Å². The van der Waals surface area contributed by atoms with E-state index in [4.69, 9.17) is 4.74 Å². The molecule has 102 valence electrons. The molecule has 0 radical (unpaired) electrons. The molecule has 2 heterocycles. The van der Waals surface area contributed by atoms with Crippen LogP contribution in [-0.2, 0) is 11.2 Å². The molecule has 1 aromatic carbocycles. The van der Waals surface area contributed by atoms with Crippen molar-refractivity contribution in [3.05, 3.63) is 29.3 Å². The lowest BCUT2D eigenvalue weighted by molar-refractivity contribution is 0.0602. The van der Waals surface area contributed by atoms with E-state index >= 15 is 0 Å².